The van der Waals surface area contributed by atoms with E-state index in [0.29, 0.717) is 5.58 Å². The Hall–Kier alpha value is -2.99. The molecule has 0 radical (unpaired) electrons. The Morgan fingerprint density at radius 2 is 1.75 bits per heavy atom. The molecule has 0 atom stereocenters. The third kappa shape index (κ3) is 2.91. The Labute approximate surface area is 141 Å². The minimum Gasteiger partial charge on any atom is -0.423 e. The molecular formula is C21H19NO2. The van der Waals surface area contributed by atoms with Crippen molar-refractivity contribution in [2.45, 2.75) is 13.8 Å². The first-order valence-corrected chi connectivity index (χ1v) is 8.06. The molecule has 0 saturated carbocycles. The molecule has 0 amide bonds. The molecule has 1 heterocycles. The van der Waals surface area contributed by atoms with Gasteiger partial charge in [0, 0.05) is 41.9 Å². The van der Waals surface area contributed by atoms with Crippen LogP contribution >= 0.6 is 0 Å². The van der Waals surface area contributed by atoms with Gasteiger partial charge in [-0.3, -0.25) is 0 Å². The lowest BCUT2D eigenvalue weighted by Gasteiger charge is -2.21. The molecule has 0 aliphatic carbocycles. The second-order valence-electron chi connectivity index (χ2n) is 5.55. The van der Waals surface area contributed by atoms with Crippen LogP contribution in [0.2, 0.25) is 0 Å². The van der Waals surface area contributed by atoms with Crippen LogP contribution in [-0.4, -0.2) is 13.1 Å². The van der Waals surface area contributed by atoms with Crippen molar-refractivity contribution in [1.82, 2.24) is 0 Å². The second-order valence-corrected chi connectivity index (χ2v) is 5.55. The van der Waals surface area contributed by atoms with E-state index in [9.17, 15) is 4.79 Å². The molecule has 0 unspecified atom stereocenters. The minimum absolute atomic E-state index is 0.352. The van der Waals surface area contributed by atoms with Crippen molar-refractivity contribution in [3.05, 3.63) is 64.5 Å². The fraction of sp³-hybridized carbons (Fsp3) is 0.190. The van der Waals surface area contributed by atoms with Crippen molar-refractivity contribution in [3.8, 4) is 23.5 Å². The van der Waals surface area contributed by atoms with Gasteiger partial charge in [-0.25, -0.2) is 4.79 Å². The number of fused-ring (bicyclic) bond motifs is 1. The van der Waals surface area contributed by atoms with E-state index in [0.717, 1.165) is 40.9 Å². The number of hydrogen-bond donors (Lipinski definition) is 0. The first-order valence-electron chi connectivity index (χ1n) is 8.06. The van der Waals surface area contributed by atoms with Crippen LogP contribution in [0.1, 0.15) is 19.4 Å². The van der Waals surface area contributed by atoms with Gasteiger partial charge in [0.25, 0.3) is 0 Å². The van der Waals surface area contributed by atoms with Crippen molar-refractivity contribution < 1.29 is 4.42 Å². The van der Waals surface area contributed by atoms with Crippen molar-refractivity contribution in [3.63, 3.8) is 0 Å². The van der Waals surface area contributed by atoms with Crippen LogP contribution in [0.25, 0.3) is 22.1 Å². The highest BCUT2D eigenvalue weighted by Crippen LogP contribution is 2.30. The lowest BCUT2D eigenvalue weighted by Crippen LogP contribution is -2.21. The summed E-state index contributed by atoms with van der Waals surface area (Å²) in [5.41, 5.74) is 3.92. The number of benzene rings is 2. The van der Waals surface area contributed by atoms with Crippen molar-refractivity contribution in [2.24, 2.45) is 0 Å². The zero-order valence-corrected chi connectivity index (χ0v) is 13.9. The van der Waals surface area contributed by atoms with E-state index in [1.54, 1.807) is 0 Å². The first-order chi connectivity index (χ1) is 11.7. The Balaban J connectivity index is 2.18. The van der Waals surface area contributed by atoms with Crippen LogP contribution in [0.4, 0.5) is 5.69 Å². The molecule has 0 bridgehead atoms. The molecule has 2 aromatic carbocycles. The molecule has 3 nitrogen and oxygen atoms in total. The zero-order valence-electron chi connectivity index (χ0n) is 13.9. The van der Waals surface area contributed by atoms with E-state index in [1.807, 2.05) is 36.4 Å². The summed E-state index contributed by atoms with van der Waals surface area (Å²) >= 11 is 0. The van der Waals surface area contributed by atoms with Gasteiger partial charge < -0.3 is 9.32 Å². The standard InChI is InChI=1S/C21H19NO2/c1-4-15-7-9-16(10-8-15)19-14-21(23)24-20-13-17(11-12-18(19)20)22(5-2)6-3/h1,7-14H,5-6H2,2-3H3. The Morgan fingerprint density at radius 3 is 2.38 bits per heavy atom. The maximum atomic E-state index is 12.0. The number of hydrogen-bond acceptors (Lipinski definition) is 3. The molecule has 0 aliphatic rings. The predicted octanol–water partition coefficient (Wildman–Crippen LogP) is 4.29. The molecular weight excluding hydrogens is 298 g/mol. The Morgan fingerprint density at radius 1 is 1.04 bits per heavy atom. The summed E-state index contributed by atoms with van der Waals surface area (Å²) < 4.78 is 5.43. The van der Waals surface area contributed by atoms with Gasteiger partial charge in [-0.15, -0.1) is 6.42 Å². The fourth-order valence-corrected chi connectivity index (χ4v) is 2.92. The SMILES string of the molecule is C#Cc1ccc(-c2cc(=O)oc3cc(N(CC)CC)ccc23)cc1. The molecule has 0 spiro atoms. The molecule has 3 rings (SSSR count). The molecule has 0 saturated heterocycles. The van der Waals surface area contributed by atoms with Crippen molar-refractivity contribution >= 4 is 16.7 Å². The number of terminal acetylenes is 1. The molecule has 24 heavy (non-hydrogen) atoms. The van der Waals surface area contributed by atoms with Gasteiger partial charge in [-0.2, -0.15) is 0 Å². The van der Waals surface area contributed by atoms with Gasteiger partial charge >= 0.3 is 5.63 Å². The average molecular weight is 317 g/mol. The highest BCUT2D eigenvalue weighted by Gasteiger charge is 2.10. The summed E-state index contributed by atoms with van der Waals surface area (Å²) in [6, 6.07) is 15.2. The van der Waals surface area contributed by atoms with E-state index in [-0.39, 0.29) is 5.63 Å². The molecule has 3 aromatic rings. The highest BCUT2D eigenvalue weighted by atomic mass is 16.4. The quantitative estimate of drug-likeness (QED) is 0.532. The number of rotatable bonds is 4. The average Bonchev–Trinajstić information content (AvgIpc) is 2.62. The van der Waals surface area contributed by atoms with Gasteiger partial charge in [0.1, 0.15) is 5.58 Å². The van der Waals surface area contributed by atoms with Crippen LogP contribution < -0.4 is 10.5 Å². The summed E-state index contributed by atoms with van der Waals surface area (Å²) in [5, 5.41) is 0.916. The zero-order chi connectivity index (χ0) is 17.1. The van der Waals surface area contributed by atoms with E-state index in [4.69, 9.17) is 10.8 Å². The lowest BCUT2D eigenvalue weighted by molar-refractivity contribution is 0.561. The summed E-state index contributed by atoms with van der Waals surface area (Å²) in [4.78, 5) is 14.2. The van der Waals surface area contributed by atoms with Crippen LogP contribution in [-0.2, 0) is 0 Å². The first kappa shape index (κ1) is 15.9. The predicted molar refractivity (Wildman–Crippen MR) is 99.4 cm³/mol. The van der Waals surface area contributed by atoms with Crippen LogP contribution in [0.3, 0.4) is 0 Å². The molecule has 1 aromatic heterocycles. The fourth-order valence-electron chi connectivity index (χ4n) is 2.92. The third-order valence-corrected chi connectivity index (χ3v) is 4.22. The maximum absolute atomic E-state index is 12.0. The van der Waals surface area contributed by atoms with E-state index >= 15 is 0 Å². The second kappa shape index (κ2) is 6.64. The third-order valence-electron chi connectivity index (χ3n) is 4.22. The van der Waals surface area contributed by atoms with Gasteiger partial charge in [0.2, 0.25) is 0 Å². The van der Waals surface area contributed by atoms with Crippen molar-refractivity contribution in [2.75, 3.05) is 18.0 Å². The van der Waals surface area contributed by atoms with Gasteiger partial charge in [0.05, 0.1) is 0 Å². The molecule has 0 aliphatic heterocycles. The van der Waals surface area contributed by atoms with E-state index < -0.39 is 0 Å². The summed E-state index contributed by atoms with van der Waals surface area (Å²) in [6.07, 6.45) is 5.40. The van der Waals surface area contributed by atoms with Crippen LogP contribution in [0.5, 0.6) is 0 Å². The smallest absolute Gasteiger partial charge is 0.336 e. The summed E-state index contributed by atoms with van der Waals surface area (Å²) in [7, 11) is 0. The molecule has 0 N–H and O–H groups in total. The highest BCUT2D eigenvalue weighted by molar-refractivity contribution is 5.94. The van der Waals surface area contributed by atoms with Gasteiger partial charge in [-0.1, -0.05) is 18.1 Å². The molecule has 3 heteroatoms. The largest absolute Gasteiger partial charge is 0.423 e. The summed E-state index contributed by atoms with van der Waals surface area (Å²) in [6.45, 7) is 6.01. The van der Waals surface area contributed by atoms with Crippen LogP contribution in [0.15, 0.2) is 57.7 Å². The molecule has 0 fully saturated rings. The Kier molecular flexibility index (Phi) is 4.39. The number of anilines is 1. The van der Waals surface area contributed by atoms with Crippen LogP contribution in [0, 0.1) is 12.3 Å². The topological polar surface area (TPSA) is 33.5 Å². The lowest BCUT2D eigenvalue weighted by atomic mass is 10.0. The van der Waals surface area contributed by atoms with E-state index in [2.05, 4.69) is 30.7 Å². The number of nitrogens with zero attached hydrogens (tertiary/aromatic N) is 1. The maximum Gasteiger partial charge on any atom is 0.336 e. The monoisotopic (exact) mass is 317 g/mol. The molecule has 120 valence electrons. The minimum atomic E-state index is -0.352. The van der Waals surface area contributed by atoms with Crippen molar-refractivity contribution in [1.29, 1.82) is 0 Å². The summed E-state index contributed by atoms with van der Waals surface area (Å²) in [5.74, 6) is 2.60. The van der Waals surface area contributed by atoms with E-state index in [1.165, 1.54) is 6.07 Å². The Bertz CT molecular complexity index is 958. The van der Waals surface area contributed by atoms with Gasteiger partial charge in [0.15, 0.2) is 0 Å². The van der Waals surface area contributed by atoms with Gasteiger partial charge in [-0.05, 0) is 49.2 Å². The normalized spacial score (nSPS) is 10.5.